The van der Waals surface area contributed by atoms with Gasteiger partial charge < -0.3 is 15.3 Å². The Balaban J connectivity index is 4.75. The van der Waals surface area contributed by atoms with Gasteiger partial charge in [-0.05, 0) is 12.8 Å². The number of hydrogen-bond acceptors (Lipinski definition) is 3. The maximum Gasteiger partial charge on any atom is 0.310 e. The summed E-state index contributed by atoms with van der Waals surface area (Å²) >= 11 is 0. The van der Waals surface area contributed by atoms with Crippen LogP contribution in [0.2, 0.25) is 0 Å². The molecule has 2 unspecified atom stereocenters. The number of carbonyl (C=O) groups excluding carboxylic acids is 2. The molecule has 2 amide bonds. The minimum atomic E-state index is -1.10. The van der Waals surface area contributed by atoms with E-state index in [1.54, 1.807) is 41.8 Å². The summed E-state index contributed by atoms with van der Waals surface area (Å²) in [5, 5.41) is 11.8. The SMILES string of the molecule is CNC(=O)C(C)CN(C)C(=O)CC(C)(C(=O)O)C(C)C. The van der Waals surface area contributed by atoms with Crippen molar-refractivity contribution in [2.24, 2.45) is 17.3 Å². The first-order valence-electron chi connectivity index (χ1n) is 6.75. The van der Waals surface area contributed by atoms with Crippen LogP contribution in [0.5, 0.6) is 0 Å². The van der Waals surface area contributed by atoms with Crippen molar-refractivity contribution in [2.45, 2.75) is 34.1 Å². The summed E-state index contributed by atoms with van der Waals surface area (Å²) in [6.45, 7) is 7.14. The lowest BCUT2D eigenvalue weighted by Gasteiger charge is -2.31. The fourth-order valence-electron chi connectivity index (χ4n) is 1.82. The second kappa shape index (κ2) is 7.26. The third-order valence-electron chi connectivity index (χ3n) is 3.95. The normalized spacial score (nSPS) is 15.3. The second-order valence-electron chi connectivity index (χ2n) is 5.84. The molecule has 0 fully saturated rings. The molecular weight excluding hydrogens is 260 g/mol. The van der Waals surface area contributed by atoms with Crippen LogP contribution in [-0.4, -0.2) is 48.4 Å². The van der Waals surface area contributed by atoms with Crippen molar-refractivity contribution in [1.82, 2.24) is 10.2 Å². The zero-order chi connectivity index (χ0) is 16.1. The first-order valence-corrected chi connectivity index (χ1v) is 6.75. The Hall–Kier alpha value is -1.59. The van der Waals surface area contributed by atoms with Crippen molar-refractivity contribution in [1.29, 1.82) is 0 Å². The molecule has 0 aromatic carbocycles. The predicted molar refractivity (Wildman–Crippen MR) is 76.1 cm³/mol. The van der Waals surface area contributed by atoms with Crippen LogP contribution in [0.1, 0.15) is 34.1 Å². The van der Waals surface area contributed by atoms with Crippen LogP contribution in [-0.2, 0) is 14.4 Å². The van der Waals surface area contributed by atoms with Gasteiger partial charge in [0.2, 0.25) is 11.8 Å². The quantitative estimate of drug-likeness (QED) is 0.730. The molecule has 0 spiro atoms. The zero-order valence-electron chi connectivity index (χ0n) is 13.2. The van der Waals surface area contributed by atoms with E-state index in [2.05, 4.69) is 5.32 Å². The van der Waals surface area contributed by atoms with Crippen LogP contribution in [0.25, 0.3) is 0 Å². The summed E-state index contributed by atoms with van der Waals surface area (Å²) in [7, 11) is 3.13. The molecule has 0 aliphatic rings. The van der Waals surface area contributed by atoms with Crippen molar-refractivity contribution >= 4 is 17.8 Å². The molecule has 2 N–H and O–H groups in total. The van der Waals surface area contributed by atoms with E-state index in [0.717, 1.165) is 0 Å². The van der Waals surface area contributed by atoms with Crippen LogP contribution in [0.4, 0.5) is 0 Å². The second-order valence-corrected chi connectivity index (χ2v) is 5.84. The van der Waals surface area contributed by atoms with Crippen molar-refractivity contribution in [3.05, 3.63) is 0 Å². The predicted octanol–water partition coefficient (Wildman–Crippen LogP) is 0.964. The minimum absolute atomic E-state index is 0.0725. The van der Waals surface area contributed by atoms with Gasteiger partial charge >= 0.3 is 5.97 Å². The Labute approximate surface area is 120 Å². The summed E-state index contributed by atoms with van der Waals surface area (Å²) < 4.78 is 0. The van der Waals surface area contributed by atoms with Crippen molar-refractivity contribution in [2.75, 3.05) is 20.6 Å². The average molecular weight is 286 g/mol. The fraction of sp³-hybridized carbons (Fsp3) is 0.786. The summed E-state index contributed by atoms with van der Waals surface area (Å²) in [6.07, 6.45) is -0.0725. The molecule has 0 heterocycles. The molecule has 2 atom stereocenters. The lowest BCUT2D eigenvalue weighted by Crippen LogP contribution is -2.42. The van der Waals surface area contributed by atoms with E-state index in [1.807, 2.05) is 0 Å². The molecule has 0 radical (unpaired) electrons. The topological polar surface area (TPSA) is 86.7 Å². The molecule has 0 aromatic heterocycles. The first kappa shape index (κ1) is 18.4. The van der Waals surface area contributed by atoms with E-state index in [4.69, 9.17) is 0 Å². The van der Waals surface area contributed by atoms with Crippen LogP contribution < -0.4 is 5.32 Å². The van der Waals surface area contributed by atoms with Crippen LogP contribution in [0.3, 0.4) is 0 Å². The molecule has 0 aliphatic heterocycles. The molecule has 116 valence electrons. The van der Waals surface area contributed by atoms with E-state index < -0.39 is 11.4 Å². The maximum atomic E-state index is 12.1. The number of rotatable bonds is 7. The number of carboxylic acid groups (broad SMARTS) is 1. The summed E-state index contributed by atoms with van der Waals surface area (Å²) in [5.41, 5.74) is -1.10. The van der Waals surface area contributed by atoms with Gasteiger partial charge in [0.05, 0.1) is 11.3 Å². The van der Waals surface area contributed by atoms with E-state index in [0.29, 0.717) is 0 Å². The summed E-state index contributed by atoms with van der Waals surface area (Å²) in [6, 6.07) is 0. The van der Waals surface area contributed by atoms with Crippen molar-refractivity contribution in [3.63, 3.8) is 0 Å². The van der Waals surface area contributed by atoms with Gasteiger partial charge in [-0.1, -0.05) is 20.8 Å². The minimum Gasteiger partial charge on any atom is -0.481 e. The molecule has 0 rings (SSSR count). The average Bonchev–Trinajstić information content (AvgIpc) is 2.36. The number of hydrogen-bond donors (Lipinski definition) is 2. The van der Waals surface area contributed by atoms with Gasteiger partial charge in [-0.25, -0.2) is 0 Å². The number of aliphatic carboxylic acids is 1. The zero-order valence-corrected chi connectivity index (χ0v) is 13.2. The highest BCUT2D eigenvalue weighted by molar-refractivity contribution is 5.85. The van der Waals surface area contributed by atoms with Gasteiger partial charge in [0.1, 0.15) is 0 Å². The van der Waals surface area contributed by atoms with Crippen molar-refractivity contribution in [3.8, 4) is 0 Å². The molecule has 0 aliphatic carbocycles. The van der Waals surface area contributed by atoms with Crippen LogP contribution in [0, 0.1) is 17.3 Å². The van der Waals surface area contributed by atoms with E-state index >= 15 is 0 Å². The lowest BCUT2D eigenvalue weighted by molar-refractivity contribution is -0.155. The van der Waals surface area contributed by atoms with Gasteiger partial charge in [-0.2, -0.15) is 0 Å². The maximum absolute atomic E-state index is 12.1. The number of carbonyl (C=O) groups is 3. The molecule has 0 saturated carbocycles. The Morgan fingerprint density at radius 2 is 1.75 bits per heavy atom. The van der Waals surface area contributed by atoms with E-state index in [9.17, 15) is 19.5 Å². The highest BCUT2D eigenvalue weighted by Crippen LogP contribution is 2.32. The number of nitrogens with one attached hydrogen (secondary N) is 1. The summed E-state index contributed by atoms with van der Waals surface area (Å²) in [5.74, 6) is -1.87. The van der Waals surface area contributed by atoms with Crippen LogP contribution in [0.15, 0.2) is 0 Å². The molecule has 20 heavy (non-hydrogen) atoms. The Kier molecular flexibility index (Phi) is 6.68. The van der Waals surface area contributed by atoms with Gasteiger partial charge in [0.25, 0.3) is 0 Å². The standard InChI is InChI=1S/C14H26N2O4/c1-9(2)14(4,13(19)20)7-11(17)16(6)8-10(3)12(18)15-5/h9-10H,7-8H2,1-6H3,(H,15,18)(H,19,20). The highest BCUT2D eigenvalue weighted by atomic mass is 16.4. The van der Waals surface area contributed by atoms with Crippen LogP contribution >= 0.6 is 0 Å². The van der Waals surface area contributed by atoms with Gasteiger partial charge in [-0.3, -0.25) is 14.4 Å². The molecule has 6 heteroatoms. The smallest absolute Gasteiger partial charge is 0.310 e. The molecule has 6 nitrogen and oxygen atoms in total. The largest absolute Gasteiger partial charge is 0.481 e. The molecule has 0 saturated heterocycles. The van der Waals surface area contributed by atoms with Gasteiger partial charge in [0, 0.05) is 27.1 Å². The van der Waals surface area contributed by atoms with Gasteiger partial charge in [-0.15, -0.1) is 0 Å². The van der Waals surface area contributed by atoms with E-state index in [1.165, 1.54) is 4.90 Å². The number of amides is 2. The van der Waals surface area contributed by atoms with Gasteiger partial charge in [0.15, 0.2) is 0 Å². The van der Waals surface area contributed by atoms with Crippen molar-refractivity contribution < 1.29 is 19.5 Å². The first-order chi connectivity index (χ1) is 9.06. The third kappa shape index (κ3) is 4.51. The summed E-state index contributed by atoms with van der Waals surface area (Å²) in [4.78, 5) is 36.4. The Morgan fingerprint density at radius 1 is 1.25 bits per heavy atom. The molecular formula is C14H26N2O4. The Bertz CT molecular complexity index is 381. The highest BCUT2D eigenvalue weighted by Gasteiger charge is 2.39. The molecule has 0 aromatic rings. The number of carboxylic acids is 1. The lowest BCUT2D eigenvalue weighted by atomic mass is 9.76. The fourth-order valence-corrected chi connectivity index (χ4v) is 1.82. The van der Waals surface area contributed by atoms with E-state index in [-0.39, 0.29) is 36.6 Å². The molecule has 0 bridgehead atoms. The Morgan fingerprint density at radius 3 is 2.10 bits per heavy atom. The monoisotopic (exact) mass is 286 g/mol. The number of nitrogens with zero attached hydrogens (tertiary/aromatic N) is 1. The third-order valence-corrected chi connectivity index (χ3v) is 3.95.